The Balaban J connectivity index is 1.93. The van der Waals surface area contributed by atoms with E-state index < -0.39 is 5.79 Å². The van der Waals surface area contributed by atoms with Crippen molar-refractivity contribution in [3.63, 3.8) is 0 Å². The van der Waals surface area contributed by atoms with Gasteiger partial charge in [-0.05, 0) is 13.3 Å². The molecule has 0 radical (unpaired) electrons. The average Bonchev–Trinajstić information content (AvgIpc) is 2.93. The highest BCUT2D eigenvalue weighted by molar-refractivity contribution is 5.25. The summed E-state index contributed by atoms with van der Waals surface area (Å²) in [5, 5.41) is 4.14. The van der Waals surface area contributed by atoms with Crippen LogP contribution < -0.4 is 0 Å². The van der Waals surface area contributed by atoms with Crippen LogP contribution in [0.25, 0.3) is 0 Å². The topological polar surface area (TPSA) is 49.2 Å². The fourth-order valence-corrected chi connectivity index (χ4v) is 2.26. The van der Waals surface area contributed by atoms with E-state index in [1.54, 1.807) is 11.0 Å². The zero-order valence-corrected chi connectivity index (χ0v) is 11.0. The number of ether oxygens (including phenoxy) is 2. The van der Waals surface area contributed by atoms with Crippen LogP contribution in [0.15, 0.2) is 36.9 Å². The average molecular weight is 259 g/mol. The first-order chi connectivity index (χ1) is 9.28. The van der Waals surface area contributed by atoms with Gasteiger partial charge in [0.15, 0.2) is 0 Å². The third-order valence-corrected chi connectivity index (χ3v) is 3.29. The number of benzene rings is 1. The maximum absolute atomic E-state index is 5.95. The summed E-state index contributed by atoms with van der Waals surface area (Å²) in [7, 11) is 0. The smallest absolute Gasteiger partial charge is 0.215 e. The van der Waals surface area contributed by atoms with Crippen LogP contribution in [0.4, 0.5) is 0 Å². The van der Waals surface area contributed by atoms with E-state index >= 15 is 0 Å². The molecule has 1 fully saturated rings. The van der Waals surface area contributed by atoms with Crippen molar-refractivity contribution in [3.05, 3.63) is 48.0 Å². The Kier molecular flexibility index (Phi) is 3.31. The Morgan fingerprint density at radius 3 is 2.58 bits per heavy atom. The second-order valence-corrected chi connectivity index (χ2v) is 4.76. The third-order valence-electron chi connectivity index (χ3n) is 3.29. The summed E-state index contributed by atoms with van der Waals surface area (Å²) in [5.41, 5.74) is 2.24. The van der Waals surface area contributed by atoms with Crippen LogP contribution in [-0.4, -0.2) is 28.0 Å². The van der Waals surface area contributed by atoms with Crippen LogP contribution in [0.3, 0.4) is 0 Å². The lowest BCUT2D eigenvalue weighted by Crippen LogP contribution is -2.41. The first kappa shape index (κ1) is 12.3. The Morgan fingerprint density at radius 2 is 1.95 bits per heavy atom. The van der Waals surface area contributed by atoms with Gasteiger partial charge in [0, 0.05) is 5.56 Å². The highest BCUT2D eigenvalue weighted by atomic mass is 16.7. The monoisotopic (exact) mass is 259 g/mol. The lowest BCUT2D eigenvalue weighted by molar-refractivity contribution is -0.284. The van der Waals surface area contributed by atoms with Gasteiger partial charge in [0.1, 0.15) is 19.2 Å². The van der Waals surface area contributed by atoms with E-state index in [1.807, 2.05) is 0 Å². The summed E-state index contributed by atoms with van der Waals surface area (Å²) in [6.45, 7) is 3.97. The van der Waals surface area contributed by atoms with Crippen molar-refractivity contribution in [2.75, 3.05) is 13.2 Å². The predicted octanol–water partition coefficient (Wildman–Crippen LogP) is 1.88. The van der Waals surface area contributed by atoms with Gasteiger partial charge in [-0.3, -0.25) is 0 Å². The molecule has 1 saturated heterocycles. The fraction of sp³-hybridized carbons (Fsp3) is 0.429. The normalized spacial score (nSPS) is 18.4. The molecule has 0 saturated carbocycles. The molecule has 100 valence electrons. The molecule has 0 bridgehead atoms. The van der Waals surface area contributed by atoms with Crippen LogP contribution in [0.1, 0.15) is 17.5 Å². The summed E-state index contributed by atoms with van der Waals surface area (Å²) >= 11 is 0. The molecule has 3 rings (SSSR count). The molecule has 19 heavy (non-hydrogen) atoms. The Morgan fingerprint density at radius 1 is 1.21 bits per heavy atom. The number of aryl methyl sites for hydroxylation is 1. The second-order valence-electron chi connectivity index (χ2n) is 4.76. The molecule has 0 unspecified atom stereocenters. The summed E-state index contributed by atoms with van der Waals surface area (Å²) in [6, 6.07) is 8.24. The van der Waals surface area contributed by atoms with Crippen molar-refractivity contribution >= 4 is 0 Å². The maximum atomic E-state index is 5.95. The van der Waals surface area contributed by atoms with Gasteiger partial charge < -0.3 is 9.47 Å². The number of hydrogen-bond donors (Lipinski definition) is 0. The molecule has 1 aliphatic rings. The number of hydrogen-bond acceptors (Lipinski definition) is 4. The zero-order valence-electron chi connectivity index (χ0n) is 11.0. The van der Waals surface area contributed by atoms with Gasteiger partial charge in [0.2, 0.25) is 5.79 Å². The van der Waals surface area contributed by atoms with E-state index in [1.165, 1.54) is 11.9 Å². The summed E-state index contributed by atoms with van der Waals surface area (Å²) < 4.78 is 13.6. The van der Waals surface area contributed by atoms with Crippen LogP contribution in [0, 0.1) is 6.92 Å². The molecular formula is C14H17N3O2. The molecule has 1 aliphatic heterocycles. The number of rotatable bonds is 3. The van der Waals surface area contributed by atoms with Crippen molar-refractivity contribution in [2.45, 2.75) is 25.7 Å². The summed E-state index contributed by atoms with van der Waals surface area (Å²) in [4.78, 5) is 3.97. The molecule has 5 nitrogen and oxygen atoms in total. The molecule has 0 amide bonds. The molecule has 1 aromatic carbocycles. The lowest BCUT2D eigenvalue weighted by atomic mass is 10.0. The van der Waals surface area contributed by atoms with Gasteiger partial charge in [0.25, 0.3) is 0 Å². The quantitative estimate of drug-likeness (QED) is 0.844. The van der Waals surface area contributed by atoms with E-state index in [4.69, 9.17) is 9.47 Å². The third kappa shape index (κ3) is 2.52. The zero-order chi connectivity index (χ0) is 13.1. The lowest BCUT2D eigenvalue weighted by Gasteiger charge is -2.37. The van der Waals surface area contributed by atoms with Gasteiger partial charge in [-0.1, -0.05) is 29.8 Å². The first-order valence-corrected chi connectivity index (χ1v) is 6.46. The first-order valence-electron chi connectivity index (χ1n) is 6.46. The van der Waals surface area contributed by atoms with Crippen molar-refractivity contribution in [2.24, 2.45) is 0 Å². The van der Waals surface area contributed by atoms with Crippen LogP contribution >= 0.6 is 0 Å². The Hall–Kier alpha value is -1.72. The SMILES string of the molecule is Cc1ccc(C2(Cn3cncn3)OCCCO2)cc1. The predicted molar refractivity (Wildman–Crippen MR) is 69.4 cm³/mol. The molecule has 2 heterocycles. The largest absolute Gasteiger partial charge is 0.344 e. The molecular weight excluding hydrogens is 242 g/mol. The Labute approximate surface area is 112 Å². The van der Waals surface area contributed by atoms with Crippen molar-refractivity contribution < 1.29 is 9.47 Å². The summed E-state index contributed by atoms with van der Waals surface area (Å²) in [5.74, 6) is -0.750. The molecule has 0 atom stereocenters. The number of aromatic nitrogens is 3. The standard InChI is InChI=1S/C14H17N3O2/c1-12-3-5-13(6-4-12)14(18-7-2-8-19-14)9-17-11-15-10-16-17/h3-6,10-11H,2,7-9H2,1H3. The van der Waals surface area contributed by atoms with Crippen molar-refractivity contribution in [3.8, 4) is 0 Å². The minimum Gasteiger partial charge on any atom is -0.344 e. The highest BCUT2D eigenvalue weighted by Crippen LogP contribution is 2.32. The van der Waals surface area contributed by atoms with E-state index in [-0.39, 0.29) is 0 Å². The molecule has 0 spiro atoms. The second kappa shape index (κ2) is 5.11. The van der Waals surface area contributed by atoms with Gasteiger partial charge >= 0.3 is 0 Å². The molecule has 0 aliphatic carbocycles. The molecule has 5 heteroatoms. The van der Waals surface area contributed by atoms with Gasteiger partial charge in [-0.25, -0.2) is 9.67 Å². The van der Waals surface area contributed by atoms with Gasteiger partial charge in [0.05, 0.1) is 13.2 Å². The summed E-state index contributed by atoms with van der Waals surface area (Å²) in [6.07, 6.45) is 4.12. The molecule has 1 aromatic heterocycles. The van der Waals surface area contributed by atoms with Crippen LogP contribution in [0.2, 0.25) is 0 Å². The molecule has 2 aromatic rings. The van der Waals surface area contributed by atoms with Crippen LogP contribution in [-0.2, 0) is 21.8 Å². The van der Waals surface area contributed by atoms with E-state index in [2.05, 4.69) is 41.3 Å². The van der Waals surface area contributed by atoms with Crippen molar-refractivity contribution in [1.29, 1.82) is 0 Å². The van der Waals surface area contributed by atoms with E-state index in [0.717, 1.165) is 12.0 Å². The van der Waals surface area contributed by atoms with Crippen LogP contribution in [0.5, 0.6) is 0 Å². The minimum atomic E-state index is -0.750. The molecule has 0 N–H and O–H groups in total. The maximum Gasteiger partial charge on any atom is 0.215 e. The Bertz CT molecular complexity index is 516. The minimum absolute atomic E-state index is 0.510. The van der Waals surface area contributed by atoms with Gasteiger partial charge in [-0.2, -0.15) is 5.10 Å². The van der Waals surface area contributed by atoms with E-state index in [0.29, 0.717) is 19.8 Å². The van der Waals surface area contributed by atoms with Gasteiger partial charge in [-0.15, -0.1) is 0 Å². The van der Waals surface area contributed by atoms with Crippen molar-refractivity contribution in [1.82, 2.24) is 14.8 Å². The number of nitrogens with zero attached hydrogens (tertiary/aromatic N) is 3. The fourth-order valence-electron chi connectivity index (χ4n) is 2.26. The highest BCUT2D eigenvalue weighted by Gasteiger charge is 2.37. The van der Waals surface area contributed by atoms with E-state index in [9.17, 15) is 0 Å².